The molecule has 0 saturated heterocycles. The molecule has 0 aromatic heterocycles. The Bertz CT molecular complexity index is 521. The van der Waals surface area contributed by atoms with Gasteiger partial charge in [-0.3, -0.25) is 0 Å². The molecule has 3 heteroatoms. The van der Waals surface area contributed by atoms with E-state index in [2.05, 4.69) is 5.32 Å². The summed E-state index contributed by atoms with van der Waals surface area (Å²) in [5.41, 5.74) is 2.32. The summed E-state index contributed by atoms with van der Waals surface area (Å²) >= 11 is 0. The van der Waals surface area contributed by atoms with Gasteiger partial charge in [-0.2, -0.15) is 0 Å². The molecule has 2 rings (SSSR count). The van der Waals surface area contributed by atoms with E-state index in [-0.39, 0.29) is 0 Å². The highest BCUT2D eigenvalue weighted by molar-refractivity contribution is 5.64. The zero-order valence-corrected chi connectivity index (χ0v) is 10.2. The lowest BCUT2D eigenvalue weighted by Gasteiger charge is -2.06. The van der Waals surface area contributed by atoms with Crippen LogP contribution in [0.1, 0.15) is 12.5 Å². The number of benzene rings is 2. The molecule has 0 fully saturated rings. The summed E-state index contributed by atoms with van der Waals surface area (Å²) in [4.78, 5) is 0. The van der Waals surface area contributed by atoms with Crippen LogP contribution in [0.15, 0.2) is 42.5 Å². The van der Waals surface area contributed by atoms with E-state index in [1.54, 1.807) is 0 Å². The molecule has 94 valence electrons. The minimum atomic E-state index is -0.556. The molecule has 0 bridgehead atoms. The van der Waals surface area contributed by atoms with Crippen molar-refractivity contribution in [3.05, 3.63) is 59.7 Å². The van der Waals surface area contributed by atoms with Gasteiger partial charge in [-0.25, -0.2) is 8.78 Å². The normalized spacial score (nSPS) is 10.6. The topological polar surface area (TPSA) is 12.0 Å². The highest BCUT2D eigenvalue weighted by Gasteiger charge is 2.06. The predicted molar refractivity (Wildman–Crippen MR) is 69.2 cm³/mol. The zero-order chi connectivity index (χ0) is 13.0. The number of nitrogens with one attached hydrogen (secondary N) is 1. The zero-order valence-electron chi connectivity index (χ0n) is 10.2. The smallest absolute Gasteiger partial charge is 0.133 e. The van der Waals surface area contributed by atoms with Gasteiger partial charge in [0.2, 0.25) is 0 Å². The van der Waals surface area contributed by atoms with Crippen molar-refractivity contribution in [2.24, 2.45) is 0 Å². The summed E-state index contributed by atoms with van der Waals surface area (Å²) in [6.07, 6.45) is 0. The van der Waals surface area contributed by atoms with E-state index in [0.29, 0.717) is 5.56 Å². The van der Waals surface area contributed by atoms with Crippen molar-refractivity contribution in [1.82, 2.24) is 5.32 Å². The SMILES string of the molecule is CCNCc1ccc(-c2ccc(F)cc2F)cc1. The quantitative estimate of drug-likeness (QED) is 0.867. The highest BCUT2D eigenvalue weighted by Crippen LogP contribution is 2.23. The molecule has 1 nitrogen and oxygen atoms in total. The monoisotopic (exact) mass is 247 g/mol. The minimum absolute atomic E-state index is 0.423. The molecule has 0 heterocycles. The summed E-state index contributed by atoms with van der Waals surface area (Å²) in [6, 6.07) is 11.2. The Balaban J connectivity index is 2.23. The Labute approximate surface area is 105 Å². The van der Waals surface area contributed by atoms with Crippen molar-refractivity contribution in [2.45, 2.75) is 13.5 Å². The van der Waals surface area contributed by atoms with Crippen molar-refractivity contribution in [1.29, 1.82) is 0 Å². The minimum Gasteiger partial charge on any atom is -0.313 e. The molecule has 1 N–H and O–H groups in total. The molecule has 0 radical (unpaired) electrons. The number of halogens is 2. The summed E-state index contributed by atoms with van der Waals surface area (Å²) < 4.78 is 26.4. The van der Waals surface area contributed by atoms with E-state index < -0.39 is 11.6 Å². The van der Waals surface area contributed by atoms with Crippen LogP contribution in [0.4, 0.5) is 8.78 Å². The first-order valence-electron chi connectivity index (χ1n) is 5.96. The van der Waals surface area contributed by atoms with Gasteiger partial charge in [0.25, 0.3) is 0 Å². The Morgan fingerprint density at radius 1 is 1.00 bits per heavy atom. The third-order valence-corrected chi connectivity index (χ3v) is 2.78. The van der Waals surface area contributed by atoms with E-state index in [1.807, 2.05) is 31.2 Å². The fraction of sp³-hybridized carbons (Fsp3) is 0.200. The van der Waals surface area contributed by atoms with Crippen molar-refractivity contribution < 1.29 is 8.78 Å². The molecule has 2 aromatic carbocycles. The molecule has 0 unspecified atom stereocenters. The van der Waals surface area contributed by atoms with Crippen LogP contribution in [0.3, 0.4) is 0 Å². The fourth-order valence-electron chi connectivity index (χ4n) is 1.80. The second-order valence-corrected chi connectivity index (χ2v) is 4.10. The lowest BCUT2D eigenvalue weighted by Crippen LogP contribution is -2.11. The molecule has 0 spiro atoms. The summed E-state index contributed by atoms with van der Waals surface area (Å²) in [5.74, 6) is -1.09. The van der Waals surface area contributed by atoms with Crippen LogP contribution in [-0.2, 0) is 6.54 Å². The van der Waals surface area contributed by atoms with Crippen molar-refractivity contribution in [3.63, 3.8) is 0 Å². The third kappa shape index (κ3) is 2.93. The van der Waals surface area contributed by atoms with Gasteiger partial charge in [0, 0.05) is 18.2 Å². The van der Waals surface area contributed by atoms with Crippen LogP contribution >= 0.6 is 0 Å². The number of rotatable bonds is 4. The predicted octanol–water partition coefficient (Wildman–Crippen LogP) is 3.74. The molecule has 0 atom stereocenters. The second kappa shape index (κ2) is 5.74. The molecule has 18 heavy (non-hydrogen) atoms. The number of hydrogen-bond acceptors (Lipinski definition) is 1. The van der Waals surface area contributed by atoms with Gasteiger partial charge in [-0.15, -0.1) is 0 Å². The molecule has 0 aliphatic carbocycles. The van der Waals surface area contributed by atoms with Crippen LogP contribution in [0, 0.1) is 11.6 Å². The van der Waals surface area contributed by atoms with Crippen LogP contribution in [-0.4, -0.2) is 6.54 Å². The Morgan fingerprint density at radius 2 is 1.72 bits per heavy atom. The number of hydrogen-bond donors (Lipinski definition) is 1. The average molecular weight is 247 g/mol. The third-order valence-electron chi connectivity index (χ3n) is 2.78. The van der Waals surface area contributed by atoms with Gasteiger partial charge in [0.1, 0.15) is 11.6 Å². The van der Waals surface area contributed by atoms with Gasteiger partial charge in [-0.1, -0.05) is 31.2 Å². The molecule has 2 aromatic rings. The lowest BCUT2D eigenvalue weighted by atomic mass is 10.0. The maximum atomic E-state index is 13.6. The molecular weight excluding hydrogens is 232 g/mol. The van der Waals surface area contributed by atoms with E-state index in [1.165, 1.54) is 12.1 Å². The van der Waals surface area contributed by atoms with Gasteiger partial charge >= 0.3 is 0 Å². The first kappa shape index (κ1) is 12.7. The van der Waals surface area contributed by atoms with Crippen LogP contribution < -0.4 is 5.32 Å². The summed E-state index contributed by atoms with van der Waals surface area (Å²) in [6.45, 7) is 3.75. The average Bonchev–Trinajstić information content (AvgIpc) is 2.37. The molecule has 0 aliphatic rings. The maximum absolute atomic E-state index is 13.6. The molecule has 0 amide bonds. The first-order valence-corrected chi connectivity index (χ1v) is 5.96. The Hall–Kier alpha value is -1.74. The van der Waals surface area contributed by atoms with Crippen molar-refractivity contribution >= 4 is 0 Å². The largest absolute Gasteiger partial charge is 0.313 e. The maximum Gasteiger partial charge on any atom is 0.133 e. The van der Waals surface area contributed by atoms with Crippen molar-refractivity contribution in [2.75, 3.05) is 6.54 Å². The Kier molecular flexibility index (Phi) is 4.05. The van der Waals surface area contributed by atoms with Gasteiger partial charge in [-0.05, 0) is 29.8 Å². The molecular formula is C15H15F2N. The molecule has 0 aliphatic heterocycles. The standard InChI is InChI=1S/C15H15F2N/c1-2-18-10-11-3-5-12(6-4-11)14-8-7-13(16)9-15(14)17/h3-9,18H,2,10H2,1H3. The van der Waals surface area contributed by atoms with Gasteiger partial charge < -0.3 is 5.32 Å². The summed E-state index contributed by atoms with van der Waals surface area (Å²) in [7, 11) is 0. The summed E-state index contributed by atoms with van der Waals surface area (Å²) in [5, 5.41) is 3.22. The van der Waals surface area contributed by atoms with E-state index >= 15 is 0 Å². The fourth-order valence-corrected chi connectivity index (χ4v) is 1.80. The van der Waals surface area contributed by atoms with Gasteiger partial charge in [0.15, 0.2) is 0 Å². The van der Waals surface area contributed by atoms with Crippen LogP contribution in [0.25, 0.3) is 11.1 Å². The van der Waals surface area contributed by atoms with E-state index in [0.717, 1.165) is 30.3 Å². The van der Waals surface area contributed by atoms with E-state index in [9.17, 15) is 8.78 Å². The van der Waals surface area contributed by atoms with Crippen LogP contribution in [0.2, 0.25) is 0 Å². The highest BCUT2D eigenvalue weighted by atomic mass is 19.1. The van der Waals surface area contributed by atoms with Gasteiger partial charge in [0.05, 0.1) is 0 Å². The Morgan fingerprint density at radius 3 is 2.33 bits per heavy atom. The molecule has 0 saturated carbocycles. The van der Waals surface area contributed by atoms with Crippen LogP contribution in [0.5, 0.6) is 0 Å². The second-order valence-electron chi connectivity index (χ2n) is 4.10. The van der Waals surface area contributed by atoms with Crippen molar-refractivity contribution in [3.8, 4) is 11.1 Å². The van der Waals surface area contributed by atoms with E-state index in [4.69, 9.17) is 0 Å². The first-order chi connectivity index (χ1) is 8.70. The lowest BCUT2D eigenvalue weighted by molar-refractivity contribution is 0.585.